The Kier molecular flexibility index (Phi) is 13.4. The first-order chi connectivity index (χ1) is 14.7. The highest BCUT2D eigenvalue weighted by Crippen LogP contribution is 2.37. The first-order valence-electron chi connectivity index (χ1n) is 12.5. The number of hydrogen-bond donors (Lipinski definition) is 0. The second-order valence-electron chi connectivity index (χ2n) is 10.4. The smallest absolute Gasteiger partial charge is 0.192 e. The van der Waals surface area contributed by atoms with Crippen molar-refractivity contribution in [1.29, 1.82) is 0 Å². The van der Waals surface area contributed by atoms with Gasteiger partial charge in [0.2, 0.25) is 0 Å². The molecule has 0 bridgehead atoms. The van der Waals surface area contributed by atoms with Gasteiger partial charge in [-0.05, 0) is 42.6 Å². The van der Waals surface area contributed by atoms with Gasteiger partial charge in [0, 0.05) is 6.42 Å². The average Bonchev–Trinajstić information content (AvgIpc) is 2.72. The van der Waals surface area contributed by atoms with Gasteiger partial charge in [-0.1, -0.05) is 103 Å². The van der Waals surface area contributed by atoms with Crippen molar-refractivity contribution in [3.05, 3.63) is 35.4 Å². The molecule has 0 aliphatic rings. The maximum absolute atomic E-state index is 6.31. The van der Waals surface area contributed by atoms with Crippen molar-refractivity contribution in [1.82, 2.24) is 0 Å². The van der Waals surface area contributed by atoms with E-state index in [2.05, 4.69) is 76.9 Å². The van der Waals surface area contributed by atoms with Crippen LogP contribution in [0.25, 0.3) is 0 Å². The van der Waals surface area contributed by atoms with Crippen molar-refractivity contribution in [2.75, 3.05) is 0 Å². The van der Waals surface area contributed by atoms with Crippen LogP contribution in [0.4, 0.5) is 0 Å². The van der Waals surface area contributed by atoms with Gasteiger partial charge in [-0.3, -0.25) is 0 Å². The van der Waals surface area contributed by atoms with Crippen LogP contribution >= 0.6 is 0 Å². The van der Waals surface area contributed by atoms with E-state index >= 15 is 0 Å². The standard InChI is InChI=1S/C28H48O2Si/c1-8-9-10-11-12-13-14-15-16-17-18-25(2)29-23-26-19-21-27(22-20-26)24-30-31(6,7)28(3,4)5/h19-22,25H,8-16,23-24H2,1-7H3/t25-/m0/s1. The van der Waals surface area contributed by atoms with E-state index in [1.807, 2.05) is 6.92 Å². The SMILES string of the molecule is CCCCCCCCCCC#C[C@H](C)OCc1ccc(CO[Si](C)(C)C(C)(C)C)cc1. The van der Waals surface area contributed by atoms with Crippen LogP contribution in [0.15, 0.2) is 24.3 Å². The van der Waals surface area contributed by atoms with E-state index in [-0.39, 0.29) is 11.1 Å². The van der Waals surface area contributed by atoms with Crippen LogP contribution < -0.4 is 0 Å². The van der Waals surface area contributed by atoms with Crippen molar-refractivity contribution < 1.29 is 9.16 Å². The molecule has 0 amide bonds. The minimum Gasteiger partial charge on any atom is -0.413 e. The predicted octanol–water partition coefficient (Wildman–Crippen LogP) is 8.65. The van der Waals surface area contributed by atoms with E-state index in [0.717, 1.165) is 6.42 Å². The third-order valence-corrected chi connectivity index (χ3v) is 10.9. The molecule has 1 aromatic rings. The van der Waals surface area contributed by atoms with Crippen LogP contribution in [0.1, 0.15) is 104 Å². The number of benzene rings is 1. The van der Waals surface area contributed by atoms with Crippen molar-refractivity contribution in [3.63, 3.8) is 0 Å². The summed E-state index contributed by atoms with van der Waals surface area (Å²) >= 11 is 0. The van der Waals surface area contributed by atoms with Crippen molar-refractivity contribution >= 4 is 8.32 Å². The maximum Gasteiger partial charge on any atom is 0.192 e. The highest BCUT2D eigenvalue weighted by molar-refractivity contribution is 6.74. The van der Waals surface area contributed by atoms with Crippen LogP contribution in [-0.4, -0.2) is 14.4 Å². The van der Waals surface area contributed by atoms with Gasteiger partial charge in [-0.25, -0.2) is 0 Å². The Hall–Kier alpha value is -1.08. The summed E-state index contributed by atoms with van der Waals surface area (Å²) in [6.07, 6.45) is 11.7. The summed E-state index contributed by atoms with van der Waals surface area (Å²) < 4.78 is 12.2. The largest absolute Gasteiger partial charge is 0.413 e. The van der Waals surface area contributed by atoms with E-state index < -0.39 is 8.32 Å². The zero-order valence-electron chi connectivity index (χ0n) is 21.5. The summed E-state index contributed by atoms with van der Waals surface area (Å²) in [6, 6.07) is 8.60. The number of ether oxygens (including phenoxy) is 1. The number of hydrogen-bond acceptors (Lipinski definition) is 2. The van der Waals surface area contributed by atoms with Gasteiger partial charge in [0.15, 0.2) is 8.32 Å². The molecule has 0 N–H and O–H groups in total. The molecule has 176 valence electrons. The van der Waals surface area contributed by atoms with Gasteiger partial charge in [0.1, 0.15) is 6.10 Å². The molecule has 1 aromatic carbocycles. The third-order valence-electron chi connectivity index (χ3n) is 6.39. The molecule has 0 saturated heterocycles. The molecule has 31 heavy (non-hydrogen) atoms. The lowest BCUT2D eigenvalue weighted by atomic mass is 10.1. The Morgan fingerprint density at radius 2 is 1.35 bits per heavy atom. The van der Waals surface area contributed by atoms with E-state index in [0.29, 0.717) is 13.2 Å². The molecule has 0 heterocycles. The van der Waals surface area contributed by atoms with Crippen LogP contribution in [0.5, 0.6) is 0 Å². The minimum absolute atomic E-state index is 0.0179. The fourth-order valence-corrected chi connectivity index (χ4v) is 4.00. The fourth-order valence-electron chi connectivity index (χ4n) is 3.04. The molecule has 1 rings (SSSR count). The second-order valence-corrected chi connectivity index (χ2v) is 15.2. The Bertz CT molecular complexity index is 646. The molecule has 2 nitrogen and oxygen atoms in total. The Morgan fingerprint density at radius 1 is 0.839 bits per heavy atom. The lowest BCUT2D eigenvalue weighted by Gasteiger charge is -2.36. The van der Waals surface area contributed by atoms with Gasteiger partial charge in [0.25, 0.3) is 0 Å². The topological polar surface area (TPSA) is 18.5 Å². The molecule has 0 spiro atoms. The normalized spacial score (nSPS) is 13.0. The van der Waals surface area contributed by atoms with Gasteiger partial charge in [-0.15, -0.1) is 5.92 Å². The van der Waals surface area contributed by atoms with E-state index in [1.54, 1.807) is 0 Å². The van der Waals surface area contributed by atoms with Crippen molar-refractivity contribution in [2.45, 2.75) is 130 Å². The second kappa shape index (κ2) is 14.9. The molecule has 0 aromatic heterocycles. The Morgan fingerprint density at radius 3 is 1.90 bits per heavy atom. The summed E-state index contributed by atoms with van der Waals surface area (Å²) in [7, 11) is -1.70. The molecular weight excluding hydrogens is 396 g/mol. The summed E-state index contributed by atoms with van der Waals surface area (Å²) in [6.45, 7) is 17.0. The predicted molar refractivity (Wildman–Crippen MR) is 138 cm³/mol. The molecule has 3 heteroatoms. The fraction of sp³-hybridized carbons (Fsp3) is 0.714. The van der Waals surface area contributed by atoms with Gasteiger partial charge in [-0.2, -0.15) is 0 Å². The Labute approximate surface area is 194 Å². The van der Waals surface area contributed by atoms with Crippen LogP contribution in [0, 0.1) is 11.8 Å². The van der Waals surface area contributed by atoms with Crippen molar-refractivity contribution in [3.8, 4) is 11.8 Å². The maximum atomic E-state index is 6.31. The summed E-state index contributed by atoms with van der Waals surface area (Å²) in [5.41, 5.74) is 2.42. The molecule has 1 atom stereocenters. The summed E-state index contributed by atoms with van der Waals surface area (Å²) in [5, 5.41) is 0.242. The molecular formula is C28H48O2Si. The Balaban J connectivity index is 2.22. The summed E-state index contributed by atoms with van der Waals surface area (Å²) in [4.78, 5) is 0. The first kappa shape index (κ1) is 28.0. The molecule has 0 fully saturated rings. The zero-order chi connectivity index (χ0) is 23.2. The van der Waals surface area contributed by atoms with Gasteiger partial charge >= 0.3 is 0 Å². The zero-order valence-corrected chi connectivity index (χ0v) is 22.5. The quantitative estimate of drug-likeness (QED) is 0.162. The van der Waals surface area contributed by atoms with Crippen molar-refractivity contribution in [2.24, 2.45) is 0 Å². The molecule has 0 saturated carbocycles. The number of rotatable bonds is 14. The minimum atomic E-state index is -1.70. The van der Waals surface area contributed by atoms with Crippen LogP contribution in [0.2, 0.25) is 18.1 Å². The van der Waals surface area contributed by atoms with E-state index in [1.165, 1.54) is 62.5 Å². The monoisotopic (exact) mass is 444 g/mol. The van der Waals surface area contributed by atoms with Gasteiger partial charge in [0.05, 0.1) is 13.2 Å². The lowest BCUT2D eigenvalue weighted by Crippen LogP contribution is -2.40. The van der Waals surface area contributed by atoms with Gasteiger partial charge < -0.3 is 9.16 Å². The summed E-state index contributed by atoms with van der Waals surface area (Å²) in [5.74, 6) is 6.54. The average molecular weight is 445 g/mol. The molecule has 0 radical (unpaired) electrons. The van der Waals surface area contributed by atoms with E-state index in [4.69, 9.17) is 9.16 Å². The highest BCUT2D eigenvalue weighted by Gasteiger charge is 2.36. The van der Waals surface area contributed by atoms with E-state index in [9.17, 15) is 0 Å². The highest BCUT2D eigenvalue weighted by atomic mass is 28.4. The first-order valence-corrected chi connectivity index (χ1v) is 15.4. The lowest BCUT2D eigenvalue weighted by molar-refractivity contribution is 0.0900. The third kappa shape index (κ3) is 12.5. The number of unbranched alkanes of at least 4 members (excludes halogenated alkanes) is 8. The molecule has 0 aliphatic carbocycles. The van der Waals surface area contributed by atoms with Crippen LogP contribution in [-0.2, 0) is 22.4 Å². The molecule has 0 aliphatic heterocycles. The molecule has 0 unspecified atom stereocenters. The van der Waals surface area contributed by atoms with Crippen LogP contribution in [0.3, 0.4) is 0 Å².